The number of nitrogens with one attached hydrogen (secondary N) is 1. The maximum atomic E-state index is 13.9. The Labute approximate surface area is 248 Å². The van der Waals surface area contributed by atoms with E-state index in [2.05, 4.69) is 5.32 Å². The fourth-order valence-electron chi connectivity index (χ4n) is 3.76. The summed E-state index contributed by atoms with van der Waals surface area (Å²) in [5.74, 6) is -1.12. The molecule has 0 aromatic heterocycles. The first-order valence-electron chi connectivity index (χ1n) is 11.9. The van der Waals surface area contributed by atoms with Gasteiger partial charge in [0.2, 0.25) is 11.8 Å². The van der Waals surface area contributed by atoms with E-state index in [4.69, 9.17) is 46.4 Å². The van der Waals surface area contributed by atoms with Crippen molar-refractivity contribution in [3.63, 3.8) is 0 Å². The molecular formula is C27H27Cl4N3O4S. The normalized spacial score (nSPS) is 12.2. The van der Waals surface area contributed by atoms with Crippen molar-refractivity contribution in [3.05, 3.63) is 92.4 Å². The predicted molar refractivity (Wildman–Crippen MR) is 157 cm³/mol. The maximum Gasteiger partial charge on any atom is 0.264 e. The van der Waals surface area contributed by atoms with Crippen molar-refractivity contribution < 1.29 is 18.0 Å². The minimum atomic E-state index is -4.29. The van der Waals surface area contributed by atoms with Gasteiger partial charge < -0.3 is 10.2 Å². The molecule has 0 radical (unpaired) electrons. The number of halogens is 4. The van der Waals surface area contributed by atoms with E-state index in [0.29, 0.717) is 15.6 Å². The average molecular weight is 631 g/mol. The summed E-state index contributed by atoms with van der Waals surface area (Å²) < 4.78 is 28.5. The number of hydrogen-bond acceptors (Lipinski definition) is 4. The standard InChI is InChI=1S/C27H27Cl4N3O4S/c1-17(2)32-27(36)18(3)33(15-20-21(28)11-7-12-22(20)29)25(35)16-34(24-14-8-13-23(30)26(24)31)39(37,38)19-9-5-4-6-10-19/h4-14,17-18H,15-16H2,1-3H3,(H,32,36)/t18-/m0/s1. The second kappa shape index (κ2) is 13.2. The van der Waals surface area contributed by atoms with Crippen LogP contribution in [0.1, 0.15) is 26.3 Å². The Kier molecular flexibility index (Phi) is 10.5. The minimum absolute atomic E-state index is 0.0105. The zero-order valence-corrected chi connectivity index (χ0v) is 25.2. The van der Waals surface area contributed by atoms with Crippen molar-refractivity contribution in [2.75, 3.05) is 10.8 Å². The molecule has 0 aliphatic heterocycles. The van der Waals surface area contributed by atoms with E-state index in [0.717, 1.165) is 4.31 Å². The number of anilines is 1. The zero-order chi connectivity index (χ0) is 28.9. The van der Waals surface area contributed by atoms with E-state index in [9.17, 15) is 18.0 Å². The first-order valence-corrected chi connectivity index (χ1v) is 14.8. The van der Waals surface area contributed by atoms with Crippen molar-refractivity contribution in [1.29, 1.82) is 0 Å². The van der Waals surface area contributed by atoms with E-state index >= 15 is 0 Å². The number of benzene rings is 3. The first-order chi connectivity index (χ1) is 18.3. The third kappa shape index (κ3) is 7.38. The minimum Gasteiger partial charge on any atom is -0.352 e. The van der Waals surface area contributed by atoms with Gasteiger partial charge in [0.1, 0.15) is 12.6 Å². The molecule has 1 atom stereocenters. The lowest BCUT2D eigenvalue weighted by atomic mass is 10.1. The fourth-order valence-corrected chi connectivity index (χ4v) is 6.17. The van der Waals surface area contributed by atoms with Gasteiger partial charge in [-0.25, -0.2) is 8.42 Å². The van der Waals surface area contributed by atoms with Crippen LogP contribution in [0, 0.1) is 0 Å². The summed E-state index contributed by atoms with van der Waals surface area (Å²) in [6.07, 6.45) is 0. The first kappa shape index (κ1) is 31.0. The number of nitrogens with zero attached hydrogens (tertiary/aromatic N) is 2. The highest BCUT2D eigenvalue weighted by Crippen LogP contribution is 2.36. The van der Waals surface area contributed by atoms with E-state index < -0.39 is 34.4 Å². The van der Waals surface area contributed by atoms with Crippen LogP contribution in [0.15, 0.2) is 71.6 Å². The van der Waals surface area contributed by atoms with Crippen LogP contribution in [0.2, 0.25) is 20.1 Å². The van der Waals surface area contributed by atoms with Gasteiger partial charge in [0.05, 0.1) is 20.6 Å². The number of sulfonamides is 1. The molecule has 208 valence electrons. The summed E-state index contributed by atoms with van der Waals surface area (Å²) in [7, 11) is -4.29. The van der Waals surface area contributed by atoms with Crippen molar-refractivity contribution in [2.45, 2.75) is 44.3 Å². The van der Waals surface area contributed by atoms with Crippen molar-refractivity contribution >= 4 is 73.9 Å². The van der Waals surface area contributed by atoms with Crippen LogP contribution in [0.4, 0.5) is 5.69 Å². The Morgan fingerprint density at radius 2 is 1.38 bits per heavy atom. The molecule has 0 saturated heterocycles. The van der Waals surface area contributed by atoms with Crippen LogP contribution in [0.25, 0.3) is 0 Å². The molecule has 0 unspecified atom stereocenters. The molecule has 1 N–H and O–H groups in total. The summed E-state index contributed by atoms with van der Waals surface area (Å²) in [4.78, 5) is 28.1. The molecule has 0 fully saturated rings. The van der Waals surface area contributed by atoms with Gasteiger partial charge in [0, 0.05) is 28.2 Å². The van der Waals surface area contributed by atoms with Crippen LogP contribution in [-0.4, -0.2) is 43.8 Å². The van der Waals surface area contributed by atoms with Crippen LogP contribution < -0.4 is 9.62 Å². The molecule has 2 amide bonds. The molecule has 39 heavy (non-hydrogen) atoms. The molecule has 0 heterocycles. The average Bonchev–Trinajstić information content (AvgIpc) is 2.88. The molecule has 0 spiro atoms. The highest BCUT2D eigenvalue weighted by molar-refractivity contribution is 7.92. The van der Waals surface area contributed by atoms with Crippen molar-refractivity contribution in [1.82, 2.24) is 10.2 Å². The SMILES string of the molecule is CC(C)NC(=O)[C@H](C)N(Cc1c(Cl)cccc1Cl)C(=O)CN(c1cccc(Cl)c1Cl)S(=O)(=O)c1ccccc1. The van der Waals surface area contributed by atoms with Gasteiger partial charge in [-0.3, -0.25) is 13.9 Å². The quantitative estimate of drug-likeness (QED) is 0.279. The summed E-state index contributed by atoms with van der Waals surface area (Å²) in [6, 6.07) is 15.8. The number of amides is 2. The predicted octanol–water partition coefficient (Wildman–Crippen LogP) is 6.44. The Morgan fingerprint density at radius 1 is 0.821 bits per heavy atom. The smallest absolute Gasteiger partial charge is 0.264 e. The number of carbonyl (C=O) groups is 2. The van der Waals surface area contributed by atoms with E-state index in [-0.39, 0.29) is 33.2 Å². The summed E-state index contributed by atoms with van der Waals surface area (Å²) in [5, 5.41) is 3.44. The van der Waals surface area contributed by atoms with Crippen LogP contribution in [0.3, 0.4) is 0 Å². The Balaban J connectivity index is 2.10. The fraction of sp³-hybridized carbons (Fsp3) is 0.259. The molecule has 3 aromatic carbocycles. The Hall–Kier alpha value is -2.49. The van der Waals surface area contributed by atoms with Gasteiger partial charge in [-0.1, -0.05) is 76.7 Å². The second-order valence-electron chi connectivity index (χ2n) is 8.96. The Bertz CT molecular complexity index is 1430. The molecule has 0 aliphatic rings. The summed E-state index contributed by atoms with van der Waals surface area (Å²) in [5.41, 5.74) is 0.424. The molecule has 3 aromatic rings. The van der Waals surface area contributed by atoms with Crippen LogP contribution in [0.5, 0.6) is 0 Å². The van der Waals surface area contributed by atoms with Crippen molar-refractivity contribution in [2.24, 2.45) is 0 Å². The van der Waals surface area contributed by atoms with Crippen LogP contribution >= 0.6 is 46.4 Å². The molecule has 0 saturated carbocycles. The monoisotopic (exact) mass is 629 g/mol. The second-order valence-corrected chi connectivity index (χ2v) is 12.4. The maximum absolute atomic E-state index is 13.9. The van der Waals surface area contributed by atoms with Crippen molar-refractivity contribution in [3.8, 4) is 0 Å². The molecule has 12 heteroatoms. The highest BCUT2D eigenvalue weighted by Gasteiger charge is 2.34. The number of carbonyl (C=O) groups excluding carboxylic acids is 2. The lowest BCUT2D eigenvalue weighted by Gasteiger charge is -2.33. The lowest BCUT2D eigenvalue weighted by Crippen LogP contribution is -2.52. The van der Waals surface area contributed by atoms with Gasteiger partial charge >= 0.3 is 0 Å². The molecule has 0 aliphatic carbocycles. The molecule has 3 rings (SSSR count). The molecule has 0 bridgehead atoms. The van der Waals surface area contributed by atoms with E-state index in [1.165, 1.54) is 35.2 Å². The van der Waals surface area contributed by atoms with Gasteiger partial charge in [-0.2, -0.15) is 0 Å². The molecular weight excluding hydrogens is 604 g/mol. The topological polar surface area (TPSA) is 86.8 Å². The zero-order valence-electron chi connectivity index (χ0n) is 21.4. The van der Waals surface area contributed by atoms with E-state index in [1.807, 2.05) is 0 Å². The van der Waals surface area contributed by atoms with E-state index in [1.54, 1.807) is 57.2 Å². The Morgan fingerprint density at radius 3 is 1.97 bits per heavy atom. The third-order valence-corrected chi connectivity index (χ3v) is 9.09. The summed E-state index contributed by atoms with van der Waals surface area (Å²) in [6.45, 7) is 4.29. The van der Waals surface area contributed by atoms with Gasteiger partial charge in [-0.05, 0) is 57.2 Å². The lowest BCUT2D eigenvalue weighted by molar-refractivity contribution is -0.139. The largest absolute Gasteiger partial charge is 0.352 e. The number of rotatable bonds is 10. The van der Waals surface area contributed by atoms with Gasteiger partial charge in [0.25, 0.3) is 10.0 Å². The number of hydrogen-bond donors (Lipinski definition) is 1. The van der Waals surface area contributed by atoms with Gasteiger partial charge in [0.15, 0.2) is 0 Å². The highest BCUT2D eigenvalue weighted by atomic mass is 35.5. The van der Waals surface area contributed by atoms with Gasteiger partial charge in [-0.15, -0.1) is 0 Å². The molecule has 7 nitrogen and oxygen atoms in total. The summed E-state index contributed by atoms with van der Waals surface area (Å²) >= 11 is 25.4. The third-order valence-electron chi connectivity index (χ3n) is 5.80. The van der Waals surface area contributed by atoms with Crippen LogP contribution in [-0.2, 0) is 26.2 Å².